The molecule has 0 amide bonds. The Hall–Kier alpha value is -0.790. The standard InChI is InChI=1S/C11H20N2/c1-9(2)11(10(3)4)7-13-6-5-12-8-13/h5-6,8-11H,7H2,1-4H3. The maximum Gasteiger partial charge on any atom is 0.0945 e. The van der Waals surface area contributed by atoms with E-state index in [1.807, 2.05) is 18.7 Å². The van der Waals surface area contributed by atoms with Crippen LogP contribution in [0.25, 0.3) is 0 Å². The molecule has 1 rings (SSSR count). The Kier molecular flexibility index (Phi) is 3.52. The van der Waals surface area contributed by atoms with Gasteiger partial charge in [0, 0.05) is 18.9 Å². The van der Waals surface area contributed by atoms with Gasteiger partial charge in [-0.15, -0.1) is 0 Å². The van der Waals surface area contributed by atoms with E-state index < -0.39 is 0 Å². The fraction of sp³-hybridized carbons (Fsp3) is 0.727. The van der Waals surface area contributed by atoms with Gasteiger partial charge < -0.3 is 4.57 Å². The SMILES string of the molecule is CC(C)C(Cn1ccnc1)C(C)C. The molecule has 0 aromatic carbocycles. The third-order valence-corrected chi connectivity index (χ3v) is 2.69. The topological polar surface area (TPSA) is 17.8 Å². The molecular formula is C11H20N2. The molecule has 0 saturated carbocycles. The van der Waals surface area contributed by atoms with Crippen molar-refractivity contribution >= 4 is 0 Å². The molecule has 2 heteroatoms. The van der Waals surface area contributed by atoms with Gasteiger partial charge in [0.25, 0.3) is 0 Å². The van der Waals surface area contributed by atoms with Crippen LogP contribution >= 0.6 is 0 Å². The minimum absolute atomic E-state index is 0.738. The van der Waals surface area contributed by atoms with E-state index in [1.54, 1.807) is 0 Å². The van der Waals surface area contributed by atoms with E-state index in [4.69, 9.17) is 0 Å². The molecular weight excluding hydrogens is 160 g/mol. The summed E-state index contributed by atoms with van der Waals surface area (Å²) in [4.78, 5) is 4.06. The van der Waals surface area contributed by atoms with Crippen LogP contribution in [0.5, 0.6) is 0 Å². The zero-order valence-electron chi connectivity index (χ0n) is 9.07. The van der Waals surface area contributed by atoms with Gasteiger partial charge in [0.1, 0.15) is 0 Å². The minimum atomic E-state index is 0.738. The third-order valence-electron chi connectivity index (χ3n) is 2.69. The molecule has 0 atom stereocenters. The van der Waals surface area contributed by atoms with Crippen molar-refractivity contribution in [1.29, 1.82) is 0 Å². The van der Waals surface area contributed by atoms with Crippen molar-refractivity contribution in [3.05, 3.63) is 18.7 Å². The molecule has 0 unspecified atom stereocenters. The van der Waals surface area contributed by atoms with E-state index in [0.717, 1.165) is 24.3 Å². The molecule has 13 heavy (non-hydrogen) atoms. The first-order valence-electron chi connectivity index (χ1n) is 5.07. The largest absolute Gasteiger partial charge is 0.337 e. The summed E-state index contributed by atoms with van der Waals surface area (Å²) in [5.41, 5.74) is 0. The highest BCUT2D eigenvalue weighted by atomic mass is 15.0. The Bertz CT molecular complexity index is 216. The predicted molar refractivity (Wildman–Crippen MR) is 55.4 cm³/mol. The van der Waals surface area contributed by atoms with Gasteiger partial charge >= 0.3 is 0 Å². The Morgan fingerprint density at radius 3 is 2.15 bits per heavy atom. The first kappa shape index (κ1) is 10.3. The van der Waals surface area contributed by atoms with Crippen LogP contribution in [-0.2, 0) is 6.54 Å². The molecule has 74 valence electrons. The second kappa shape index (κ2) is 4.45. The van der Waals surface area contributed by atoms with E-state index in [2.05, 4.69) is 37.2 Å². The number of imidazole rings is 1. The van der Waals surface area contributed by atoms with Crippen molar-refractivity contribution in [3.63, 3.8) is 0 Å². The van der Waals surface area contributed by atoms with Crippen molar-refractivity contribution < 1.29 is 0 Å². The first-order valence-corrected chi connectivity index (χ1v) is 5.07. The molecule has 1 aromatic heterocycles. The summed E-state index contributed by atoms with van der Waals surface area (Å²) in [5.74, 6) is 2.22. The van der Waals surface area contributed by atoms with Crippen LogP contribution < -0.4 is 0 Å². The van der Waals surface area contributed by atoms with Crippen molar-refractivity contribution in [3.8, 4) is 0 Å². The maximum atomic E-state index is 4.06. The second-order valence-corrected chi connectivity index (χ2v) is 4.41. The molecule has 0 N–H and O–H groups in total. The zero-order chi connectivity index (χ0) is 9.84. The van der Waals surface area contributed by atoms with Gasteiger partial charge in [-0.2, -0.15) is 0 Å². The quantitative estimate of drug-likeness (QED) is 0.696. The van der Waals surface area contributed by atoms with Gasteiger partial charge in [0.15, 0.2) is 0 Å². The molecule has 0 fully saturated rings. The van der Waals surface area contributed by atoms with E-state index in [-0.39, 0.29) is 0 Å². The fourth-order valence-electron chi connectivity index (χ4n) is 1.83. The lowest BCUT2D eigenvalue weighted by Crippen LogP contribution is -2.21. The molecule has 0 radical (unpaired) electrons. The van der Waals surface area contributed by atoms with Crippen LogP contribution in [0.4, 0.5) is 0 Å². The van der Waals surface area contributed by atoms with Gasteiger partial charge in [-0.3, -0.25) is 0 Å². The second-order valence-electron chi connectivity index (χ2n) is 4.41. The number of hydrogen-bond acceptors (Lipinski definition) is 1. The number of rotatable bonds is 4. The maximum absolute atomic E-state index is 4.06. The van der Waals surface area contributed by atoms with Crippen LogP contribution in [-0.4, -0.2) is 9.55 Å². The number of aromatic nitrogens is 2. The smallest absolute Gasteiger partial charge is 0.0945 e. The van der Waals surface area contributed by atoms with E-state index in [9.17, 15) is 0 Å². The van der Waals surface area contributed by atoms with Gasteiger partial charge in [-0.05, 0) is 17.8 Å². The summed E-state index contributed by atoms with van der Waals surface area (Å²) in [6.07, 6.45) is 5.78. The van der Waals surface area contributed by atoms with Gasteiger partial charge in [-0.25, -0.2) is 4.98 Å². The Balaban J connectivity index is 2.58. The molecule has 0 aliphatic heterocycles. The van der Waals surface area contributed by atoms with Gasteiger partial charge in [-0.1, -0.05) is 27.7 Å². The van der Waals surface area contributed by atoms with Gasteiger partial charge in [0.05, 0.1) is 6.33 Å². The lowest BCUT2D eigenvalue weighted by molar-refractivity contribution is 0.251. The van der Waals surface area contributed by atoms with Crippen molar-refractivity contribution in [2.24, 2.45) is 17.8 Å². The Morgan fingerprint density at radius 2 is 1.77 bits per heavy atom. The van der Waals surface area contributed by atoms with Crippen molar-refractivity contribution in [1.82, 2.24) is 9.55 Å². The average molecular weight is 180 g/mol. The number of hydrogen-bond donors (Lipinski definition) is 0. The van der Waals surface area contributed by atoms with Crippen LogP contribution in [0.1, 0.15) is 27.7 Å². The molecule has 0 aliphatic carbocycles. The molecule has 1 heterocycles. The van der Waals surface area contributed by atoms with E-state index in [1.165, 1.54) is 0 Å². The molecule has 2 nitrogen and oxygen atoms in total. The average Bonchev–Trinajstić information content (AvgIpc) is 2.50. The summed E-state index contributed by atoms with van der Waals surface area (Å²) in [5, 5.41) is 0. The lowest BCUT2D eigenvalue weighted by Gasteiger charge is -2.24. The summed E-state index contributed by atoms with van der Waals surface area (Å²) < 4.78 is 2.17. The van der Waals surface area contributed by atoms with E-state index in [0.29, 0.717) is 0 Å². The fourth-order valence-corrected chi connectivity index (χ4v) is 1.83. The highest BCUT2D eigenvalue weighted by Gasteiger charge is 2.17. The summed E-state index contributed by atoms with van der Waals surface area (Å²) >= 11 is 0. The monoisotopic (exact) mass is 180 g/mol. The third kappa shape index (κ3) is 2.87. The molecule has 0 spiro atoms. The lowest BCUT2D eigenvalue weighted by atomic mass is 9.85. The van der Waals surface area contributed by atoms with Crippen molar-refractivity contribution in [2.75, 3.05) is 0 Å². The normalized spacial score (nSPS) is 11.9. The Labute approximate surface area is 81.0 Å². The summed E-state index contributed by atoms with van der Waals surface area (Å²) in [7, 11) is 0. The van der Waals surface area contributed by atoms with Crippen LogP contribution in [0, 0.1) is 17.8 Å². The number of nitrogens with zero attached hydrogens (tertiary/aromatic N) is 2. The molecule has 0 bridgehead atoms. The zero-order valence-corrected chi connectivity index (χ0v) is 9.07. The minimum Gasteiger partial charge on any atom is -0.337 e. The predicted octanol–water partition coefficient (Wildman–Crippen LogP) is 2.81. The highest BCUT2D eigenvalue weighted by Crippen LogP contribution is 2.22. The van der Waals surface area contributed by atoms with Crippen molar-refractivity contribution in [2.45, 2.75) is 34.2 Å². The summed E-state index contributed by atoms with van der Waals surface area (Å²) in [6, 6.07) is 0. The van der Waals surface area contributed by atoms with Crippen LogP contribution in [0.15, 0.2) is 18.7 Å². The van der Waals surface area contributed by atoms with Gasteiger partial charge in [0.2, 0.25) is 0 Å². The van der Waals surface area contributed by atoms with Crippen LogP contribution in [0.2, 0.25) is 0 Å². The Morgan fingerprint density at radius 1 is 1.15 bits per heavy atom. The highest BCUT2D eigenvalue weighted by molar-refractivity contribution is 4.77. The summed E-state index contributed by atoms with van der Waals surface area (Å²) in [6.45, 7) is 10.3. The van der Waals surface area contributed by atoms with E-state index >= 15 is 0 Å². The molecule has 0 saturated heterocycles. The molecule has 0 aliphatic rings. The first-order chi connectivity index (χ1) is 6.11. The van der Waals surface area contributed by atoms with Crippen LogP contribution in [0.3, 0.4) is 0 Å². The molecule has 1 aromatic rings.